The lowest BCUT2D eigenvalue weighted by molar-refractivity contribution is -0.122. The molecule has 1 amide bonds. The summed E-state index contributed by atoms with van der Waals surface area (Å²) >= 11 is 0. The lowest BCUT2D eigenvalue weighted by atomic mass is 10.1. The molecule has 3 rings (SSSR count). The molecule has 1 saturated heterocycles. The Morgan fingerprint density at radius 2 is 2.30 bits per heavy atom. The van der Waals surface area contributed by atoms with Crippen molar-refractivity contribution >= 4 is 5.91 Å². The zero-order chi connectivity index (χ0) is 16.4. The quantitative estimate of drug-likeness (QED) is 0.893. The van der Waals surface area contributed by atoms with Crippen LogP contribution in [-0.2, 0) is 23.1 Å². The molecule has 0 aromatic carbocycles. The number of hydrogen-bond acceptors (Lipinski definition) is 4. The predicted molar refractivity (Wildman–Crippen MR) is 83.9 cm³/mol. The van der Waals surface area contributed by atoms with Gasteiger partial charge in [0.15, 0.2) is 0 Å². The lowest BCUT2D eigenvalue weighted by Gasteiger charge is -2.20. The van der Waals surface area contributed by atoms with Crippen molar-refractivity contribution in [2.24, 2.45) is 7.05 Å². The van der Waals surface area contributed by atoms with Gasteiger partial charge in [0, 0.05) is 32.1 Å². The van der Waals surface area contributed by atoms with Gasteiger partial charge in [-0.05, 0) is 31.0 Å². The fraction of sp³-hybridized carbons (Fsp3) is 0.438. The van der Waals surface area contributed by atoms with Crippen molar-refractivity contribution in [3.05, 3.63) is 52.2 Å². The molecule has 1 fully saturated rings. The Balaban J connectivity index is 1.67. The average molecular weight is 316 g/mol. The molecule has 2 aromatic heterocycles. The van der Waals surface area contributed by atoms with E-state index in [1.54, 1.807) is 17.1 Å². The highest BCUT2D eigenvalue weighted by molar-refractivity contribution is 5.76. The number of nitrogens with zero attached hydrogens (tertiary/aromatic N) is 3. The first-order valence-electron chi connectivity index (χ1n) is 7.60. The van der Waals surface area contributed by atoms with Gasteiger partial charge in [-0.1, -0.05) is 0 Å². The first-order chi connectivity index (χ1) is 11.0. The van der Waals surface area contributed by atoms with Crippen molar-refractivity contribution in [3.63, 3.8) is 0 Å². The molecular weight excluding hydrogens is 296 g/mol. The largest absolute Gasteiger partial charge is 0.370 e. The Morgan fingerprint density at radius 3 is 3.00 bits per heavy atom. The molecular formula is C16H20N4O3. The molecule has 1 N–H and O–H groups in total. The number of ether oxygens (including phenoxy) is 1. The smallest absolute Gasteiger partial charge is 0.251 e. The van der Waals surface area contributed by atoms with Crippen LogP contribution in [0, 0.1) is 6.92 Å². The van der Waals surface area contributed by atoms with Crippen LogP contribution >= 0.6 is 0 Å². The predicted octanol–water partition coefficient (Wildman–Crippen LogP) is 0.537. The molecule has 1 aliphatic heterocycles. The standard InChI is InChI=1S/C16H20N4O3/c1-11-4-7-20(15(22)9-11)10-14(21)18-12-5-8-23-16(12)13-3-6-17-19(13)2/h3-4,6-7,9,12,16H,5,8,10H2,1-2H3,(H,18,21)/t12-,16-/m0/s1. The van der Waals surface area contributed by atoms with Crippen LogP contribution in [0.4, 0.5) is 0 Å². The van der Waals surface area contributed by atoms with Crippen molar-refractivity contribution in [2.45, 2.75) is 32.0 Å². The van der Waals surface area contributed by atoms with Crippen LogP contribution in [0.25, 0.3) is 0 Å². The van der Waals surface area contributed by atoms with Crippen molar-refractivity contribution in [3.8, 4) is 0 Å². The normalized spacial score (nSPS) is 20.6. The number of carbonyl (C=O) groups excluding carboxylic acids is 1. The molecule has 122 valence electrons. The van der Waals surface area contributed by atoms with Gasteiger partial charge >= 0.3 is 0 Å². The first kappa shape index (κ1) is 15.5. The van der Waals surface area contributed by atoms with Crippen molar-refractivity contribution in [2.75, 3.05) is 6.61 Å². The summed E-state index contributed by atoms with van der Waals surface area (Å²) in [5.41, 5.74) is 1.64. The van der Waals surface area contributed by atoms with Crippen LogP contribution < -0.4 is 10.9 Å². The Hall–Kier alpha value is -2.41. The van der Waals surface area contributed by atoms with E-state index in [0.29, 0.717) is 6.61 Å². The summed E-state index contributed by atoms with van der Waals surface area (Å²) in [6, 6.07) is 5.11. The molecule has 2 atom stereocenters. The summed E-state index contributed by atoms with van der Waals surface area (Å²) in [5, 5.41) is 7.11. The van der Waals surface area contributed by atoms with E-state index in [4.69, 9.17) is 4.74 Å². The van der Waals surface area contributed by atoms with E-state index >= 15 is 0 Å². The number of hydrogen-bond donors (Lipinski definition) is 1. The monoisotopic (exact) mass is 316 g/mol. The fourth-order valence-corrected chi connectivity index (χ4v) is 2.84. The SMILES string of the molecule is Cc1ccn(CC(=O)N[C@H]2CCO[C@@H]2c2ccnn2C)c(=O)c1. The van der Waals surface area contributed by atoms with Gasteiger partial charge in [-0.15, -0.1) is 0 Å². The molecule has 1 aliphatic rings. The zero-order valence-corrected chi connectivity index (χ0v) is 13.2. The molecule has 23 heavy (non-hydrogen) atoms. The maximum absolute atomic E-state index is 12.3. The van der Waals surface area contributed by atoms with E-state index in [1.165, 1.54) is 10.6 Å². The molecule has 7 nitrogen and oxygen atoms in total. The molecule has 3 heterocycles. The van der Waals surface area contributed by atoms with Gasteiger partial charge in [0.05, 0.1) is 11.7 Å². The Morgan fingerprint density at radius 1 is 1.48 bits per heavy atom. The lowest BCUT2D eigenvalue weighted by Crippen LogP contribution is -2.40. The van der Waals surface area contributed by atoms with E-state index in [9.17, 15) is 9.59 Å². The minimum absolute atomic E-state index is 0.00766. The molecule has 7 heteroatoms. The number of nitrogens with one attached hydrogen (secondary N) is 1. The molecule has 2 aromatic rings. The number of aromatic nitrogens is 3. The number of pyridine rings is 1. The summed E-state index contributed by atoms with van der Waals surface area (Å²) in [6.45, 7) is 2.44. The average Bonchev–Trinajstić information content (AvgIpc) is 3.10. The van der Waals surface area contributed by atoms with Crippen molar-refractivity contribution in [1.29, 1.82) is 0 Å². The third-order valence-corrected chi connectivity index (χ3v) is 4.05. The molecule has 0 bridgehead atoms. The second kappa shape index (κ2) is 6.37. The summed E-state index contributed by atoms with van der Waals surface area (Å²) in [4.78, 5) is 24.1. The highest BCUT2D eigenvalue weighted by Crippen LogP contribution is 2.28. The maximum Gasteiger partial charge on any atom is 0.251 e. The summed E-state index contributed by atoms with van der Waals surface area (Å²) in [7, 11) is 1.85. The minimum atomic E-state index is -0.207. The molecule has 0 unspecified atom stereocenters. The second-order valence-corrected chi connectivity index (χ2v) is 5.80. The van der Waals surface area contributed by atoms with Crippen LogP contribution in [-0.4, -0.2) is 32.9 Å². The zero-order valence-electron chi connectivity index (χ0n) is 13.2. The third kappa shape index (κ3) is 3.34. The van der Waals surface area contributed by atoms with Gasteiger partial charge in [-0.2, -0.15) is 5.10 Å². The van der Waals surface area contributed by atoms with E-state index in [-0.39, 0.29) is 30.2 Å². The van der Waals surface area contributed by atoms with Crippen LogP contribution in [0.1, 0.15) is 23.8 Å². The number of amides is 1. The molecule has 0 spiro atoms. The first-order valence-corrected chi connectivity index (χ1v) is 7.60. The van der Waals surface area contributed by atoms with Gasteiger partial charge in [0.1, 0.15) is 12.6 Å². The van der Waals surface area contributed by atoms with Crippen LogP contribution in [0.2, 0.25) is 0 Å². The van der Waals surface area contributed by atoms with E-state index in [1.807, 2.05) is 26.1 Å². The van der Waals surface area contributed by atoms with Gasteiger partial charge < -0.3 is 14.6 Å². The second-order valence-electron chi connectivity index (χ2n) is 5.80. The Bertz CT molecular complexity index is 765. The Kier molecular flexibility index (Phi) is 4.29. The fourth-order valence-electron chi connectivity index (χ4n) is 2.84. The van der Waals surface area contributed by atoms with Crippen LogP contribution in [0.5, 0.6) is 0 Å². The highest BCUT2D eigenvalue weighted by atomic mass is 16.5. The van der Waals surface area contributed by atoms with E-state index in [0.717, 1.165) is 17.7 Å². The van der Waals surface area contributed by atoms with Crippen LogP contribution in [0.15, 0.2) is 35.4 Å². The number of rotatable bonds is 4. The van der Waals surface area contributed by atoms with Gasteiger partial charge in [0.25, 0.3) is 5.56 Å². The summed E-state index contributed by atoms with van der Waals surface area (Å²) in [6.07, 6.45) is 3.88. The van der Waals surface area contributed by atoms with Crippen molar-refractivity contribution < 1.29 is 9.53 Å². The minimum Gasteiger partial charge on any atom is -0.370 e. The van der Waals surface area contributed by atoms with Crippen LogP contribution in [0.3, 0.4) is 0 Å². The summed E-state index contributed by atoms with van der Waals surface area (Å²) < 4.78 is 8.89. The van der Waals surface area contributed by atoms with E-state index in [2.05, 4.69) is 10.4 Å². The maximum atomic E-state index is 12.3. The molecule has 0 radical (unpaired) electrons. The van der Waals surface area contributed by atoms with Gasteiger partial charge in [-0.25, -0.2) is 0 Å². The van der Waals surface area contributed by atoms with E-state index < -0.39 is 0 Å². The number of aryl methyl sites for hydroxylation is 2. The Labute approximate surface area is 133 Å². The topological polar surface area (TPSA) is 78.2 Å². The van der Waals surface area contributed by atoms with Gasteiger partial charge in [0.2, 0.25) is 5.91 Å². The van der Waals surface area contributed by atoms with Crippen molar-refractivity contribution in [1.82, 2.24) is 19.7 Å². The molecule has 0 saturated carbocycles. The third-order valence-electron chi connectivity index (χ3n) is 4.05. The summed E-state index contributed by atoms with van der Waals surface area (Å²) in [5.74, 6) is -0.196. The van der Waals surface area contributed by atoms with Gasteiger partial charge in [-0.3, -0.25) is 14.3 Å². The molecule has 0 aliphatic carbocycles. The highest BCUT2D eigenvalue weighted by Gasteiger charge is 2.32. The number of carbonyl (C=O) groups is 1.